The Morgan fingerprint density at radius 3 is 1.95 bits per heavy atom. The van der Waals surface area contributed by atoms with Crippen molar-refractivity contribution in [3.05, 3.63) is 35.4 Å². The molecule has 3 nitrogen and oxygen atoms in total. The predicted octanol–water partition coefficient (Wildman–Crippen LogP) is 2.80. The van der Waals surface area contributed by atoms with E-state index in [9.17, 15) is 0 Å². The van der Waals surface area contributed by atoms with Crippen molar-refractivity contribution in [1.29, 1.82) is 0 Å². The molecular formula is C18H31N3. The number of benzene rings is 1. The van der Waals surface area contributed by atoms with Crippen LogP contribution >= 0.6 is 0 Å². The molecule has 0 bridgehead atoms. The fourth-order valence-corrected chi connectivity index (χ4v) is 3.28. The third-order valence-electron chi connectivity index (χ3n) is 4.57. The molecule has 0 saturated carbocycles. The van der Waals surface area contributed by atoms with E-state index < -0.39 is 0 Å². The van der Waals surface area contributed by atoms with Crippen LogP contribution in [0.1, 0.15) is 44.9 Å². The number of hydrogen-bond acceptors (Lipinski definition) is 3. The van der Waals surface area contributed by atoms with Crippen LogP contribution in [0.3, 0.4) is 0 Å². The number of aryl methyl sites for hydroxylation is 1. The van der Waals surface area contributed by atoms with Crippen molar-refractivity contribution in [2.75, 3.05) is 26.2 Å². The molecular weight excluding hydrogens is 258 g/mol. The van der Waals surface area contributed by atoms with E-state index in [0.29, 0.717) is 6.04 Å². The second kappa shape index (κ2) is 6.47. The number of rotatable bonds is 3. The third kappa shape index (κ3) is 4.06. The van der Waals surface area contributed by atoms with Crippen LogP contribution in [-0.4, -0.2) is 47.6 Å². The number of nitrogens with zero attached hydrogens (tertiary/aromatic N) is 2. The van der Waals surface area contributed by atoms with Gasteiger partial charge in [0.1, 0.15) is 0 Å². The zero-order chi connectivity index (χ0) is 15.6. The molecule has 0 spiro atoms. The first-order valence-electron chi connectivity index (χ1n) is 8.10. The van der Waals surface area contributed by atoms with E-state index >= 15 is 0 Å². The molecule has 2 atom stereocenters. The van der Waals surface area contributed by atoms with Crippen LogP contribution in [0.2, 0.25) is 0 Å². The van der Waals surface area contributed by atoms with Gasteiger partial charge < -0.3 is 5.73 Å². The summed E-state index contributed by atoms with van der Waals surface area (Å²) < 4.78 is 0. The Balaban J connectivity index is 2.09. The Morgan fingerprint density at radius 2 is 1.52 bits per heavy atom. The van der Waals surface area contributed by atoms with Crippen molar-refractivity contribution >= 4 is 0 Å². The van der Waals surface area contributed by atoms with E-state index in [1.54, 1.807) is 0 Å². The normalized spacial score (nSPS) is 21.2. The summed E-state index contributed by atoms with van der Waals surface area (Å²) in [5, 5.41) is 0. The summed E-state index contributed by atoms with van der Waals surface area (Å²) >= 11 is 0. The number of hydrogen-bond donors (Lipinski definition) is 1. The second-order valence-electron chi connectivity index (χ2n) is 7.41. The second-order valence-corrected chi connectivity index (χ2v) is 7.41. The third-order valence-corrected chi connectivity index (χ3v) is 4.57. The van der Waals surface area contributed by atoms with Crippen LogP contribution in [0.25, 0.3) is 0 Å². The molecule has 2 unspecified atom stereocenters. The molecule has 1 heterocycles. The van der Waals surface area contributed by atoms with Crippen LogP contribution in [0, 0.1) is 6.92 Å². The Hall–Kier alpha value is -0.900. The van der Waals surface area contributed by atoms with E-state index in [4.69, 9.17) is 5.73 Å². The Bertz CT molecular complexity index is 437. The van der Waals surface area contributed by atoms with Crippen molar-refractivity contribution < 1.29 is 0 Å². The van der Waals surface area contributed by atoms with Gasteiger partial charge in [-0.05, 0) is 40.2 Å². The van der Waals surface area contributed by atoms with Gasteiger partial charge in [0, 0.05) is 43.8 Å². The van der Waals surface area contributed by atoms with Gasteiger partial charge in [-0.3, -0.25) is 9.80 Å². The van der Waals surface area contributed by atoms with Gasteiger partial charge in [0.2, 0.25) is 0 Å². The maximum Gasteiger partial charge on any atom is 0.0497 e. The molecule has 21 heavy (non-hydrogen) atoms. The molecule has 1 saturated heterocycles. The Kier molecular flexibility index (Phi) is 5.07. The summed E-state index contributed by atoms with van der Waals surface area (Å²) in [5.74, 6) is 0. The first-order chi connectivity index (χ1) is 9.79. The van der Waals surface area contributed by atoms with Crippen LogP contribution in [0.5, 0.6) is 0 Å². The van der Waals surface area contributed by atoms with E-state index in [-0.39, 0.29) is 11.6 Å². The number of nitrogens with two attached hydrogens (primary N) is 1. The van der Waals surface area contributed by atoms with Crippen molar-refractivity contribution in [2.24, 2.45) is 5.73 Å². The lowest BCUT2D eigenvalue weighted by molar-refractivity contribution is 0.0369. The lowest BCUT2D eigenvalue weighted by Gasteiger charge is -2.45. The molecule has 1 aliphatic rings. The van der Waals surface area contributed by atoms with Crippen LogP contribution in [-0.2, 0) is 0 Å². The Morgan fingerprint density at radius 1 is 1.00 bits per heavy atom. The average Bonchev–Trinajstić information content (AvgIpc) is 2.40. The van der Waals surface area contributed by atoms with Gasteiger partial charge in [0.25, 0.3) is 0 Å². The molecule has 118 valence electrons. The lowest BCUT2D eigenvalue weighted by Crippen LogP contribution is -2.55. The minimum absolute atomic E-state index is 0.147. The molecule has 1 fully saturated rings. The molecule has 0 aromatic heterocycles. The fourth-order valence-electron chi connectivity index (χ4n) is 3.28. The van der Waals surface area contributed by atoms with Crippen molar-refractivity contribution in [3.63, 3.8) is 0 Å². The van der Waals surface area contributed by atoms with Gasteiger partial charge in [0.15, 0.2) is 0 Å². The summed E-state index contributed by atoms with van der Waals surface area (Å²) in [5.41, 5.74) is 9.22. The highest BCUT2D eigenvalue weighted by molar-refractivity contribution is 5.25. The van der Waals surface area contributed by atoms with Gasteiger partial charge in [-0.15, -0.1) is 0 Å². The quantitative estimate of drug-likeness (QED) is 0.929. The largest absolute Gasteiger partial charge is 0.326 e. The minimum atomic E-state index is 0.147. The van der Waals surface area contributed by atoms with Crippen LogP contribution in [0.15, 0.2) is 24.3 Å². The molecule has 2 rings (SSSR count). The average molecular weight is 289 g/mol. The summed E-state index contributed by atoms with van der Waals surface area (Å²) in [4.78, 5) is 5.12. The molecule has 0 radical (unpaired) electrons. The first-order valence-corrected chi connectivity index (χ1v) is 8.10. The highest BCUT2D eigenvalue weighted by Crippen LogP contribution is 2.26. The predicted molar refractivity (Wildman–Crippen MR) is 90.5 cm³/mol. The molecule has 0 amide bonds. The van der Waals surface area contributed by atoms with E-state index in [0.717, 1.165) is 26.2 Å². The van der Waals surface area contributed by atoms with Gasteiger partial charge in [-0.25, -0.2) is 0 Å². The van der Waals surface area contributed by atoms with Crippen molar-refractivity contribution in [2.45, 2.75) is 52.2 Å². The van der Waals surface area contributed by atoms with Crippen LogP contribution < -0.4 is 5.73 Å². The molecule has 2 N–H and O–H groups in total. The highest BCUT2D eigenvalue weighted by atomic mass is 15.3. The van der Waals surface area contributed by atoms with Gasteiger partial charge in [-0.1, -0.05) is 29.8 Å². The standard InChI is InChI=1S/C18H31N3/c1-14-6-8-16(9-7-14)17(15(2)19)20-10-12-21(13-11-20)18(3,4)5/h6-9,15,17H,10-13,19H2,1-5H3. The topological polar surface area (TPSA) is 32.5 Å². The maximum absolute atomic E-state index is 6.30. The molecule has 1 aromatic carbocycles. The highest BCUT2D eigenvalue weighted by Gasteiger charge is 2.31. The summed E-state index contributed by atoms with van der Waals surface area (Å²) in [6.45, 7) is 15.6. The van der Waals surface area contributed by atoms with Gasteiger partial charge in [-0.2, -0.15) is 0 Å². The fraction of sp³-hybridized carbons (Fsp3) is 0.667. The smallest absolute Gasteiger partial charge is 0.0497 e. The van der Waals surface area contributed by atoms with E-state index in [1.165, 1.54) is 11.1 Å². The molecule has 1 aromatic rings. The van der Waals surface area contributed by atoms with Gasteiger partial charge >= 0.3 is 0 Å². The van der Waals surface area contributed by atoms with Crippen molar-refractivity contribution in [1.82, 2.24) is 9.80 Å². The SMILES string of the molecule is Cc1ccc(C(C(C)N)N2CCN(C(C)(C)C)CC2)cc1. The monoisotopic (exact) mass is 289 g/mol. The lowest BCUT2D eigenvalue weighted by atomic mass is 9.96. The van der Waals surface area contributed by atoms with Crippen molar-refractivity contribution in [3.8, 4) is 0 Å². The maximum atomic E-state index is 6.30. The minimum Gasteiger partial charge on any atom is -0.326 e. The summed E-state index contributed by atoms with van der Waals surface area (Å²) in [6, 6.07) is 9.33. The van der Waals surface area contributed by atoms with Crippen LogP contribution in [0.4, 0.5) is 0 Å². The van der Waals surface area contributed by atoms with E-state index in [2.05, 4.69) is 68.7 Å². The molecule has 0 aliphatic carbocycles. The first kappa shape index (κ1) is 16.5. The Labute approximate surface area is 130 Å². The zero-order valence-electron chi connectivity index (χ0n) is 14.3. The number of piperazine rings is 1. The summed E-state index contributed by atoms with van der Waals surface area (Å²) in [7, 11) is 0. The summed E-state index contributed by atoms with van der Waals surface area (Å²) in [6.07, 6.45) is 0. The van der Waals surface area contributed by atoms with E-state index in [1.807, 2.05) is 0 Å². The van der Waals surface area contributed by atoms with Gasteiger partial charge in [0.05, 0.1) is 0 Å². The molecule has 1 aliphatic heterocycles. The zero-order valence-corrected chi connectivity index (χ0v) is 14.3. The molecule has 3 heteroatoms.